The van der Waals surface area contributed by atoms with Crippen LogP contribution in [0.2, 0.25) is 0 Å². The van der Waals surface area contributed by atoms with E-state index in [9.17, 15) is 4.79 Å². The number of carbonyl (C=O) groups excluding carboxylic acids is 1. The Labute approximate surface area is 130 Å². The van der Waals surface area contributed by atoms with Crippen LogP contribution in [0, 0.1) is 3.57 Å². The van der Waals surface area contributed by atoms with Crippen LogP contribution < -0.4 is 0 Å². The smallest absolute Gasteiger partial charge is 0.266 e. The molecule has 2 nitrogen and oxygen atoms in total. The fraction of sp³-hybridized carbons (Fsp3) is 0.231. The number of thioether (sulfide) groups is 1. The van der Waals surface area contributed by atoms with Gasteiger partial charge in [-0.05, 0) is 52.8 Å². The topological polar surface area (TPSA) is 20.3 Å². The Morgan fingerprint density at radius 2 is 2.06 bits per heavy atom. The van der Waals surface area contributed by atoms with Crippen LogP contribution in [0.4, 0.5) is 0 Å². The second-order valence-electron chi connectivity index (χ2n) is 3.88. The van der Waals surface area contributed by atoms with Crippen LogP contribution >= 0.6 is 46.6 Å². The Morgan fingerprint density at radius 3 is 2.67 bits per heavy atom. The summed E-state index contributed by atoms with van der Waals surface area (Å²) in [5, 5.41) is 0. The molecule has 94 valence electrons. The van der Waals surface area contributed by atoms with Crippen LogP contribution in [0.5, 0.6) is 0 Å². The first-order valence-electron chi connectivity index (χ1n) is 5.62. The van der Waals surface area contributed by atoms with Gasteiger partial charge in [0.1, 0.15) is 4.32 Å². The molecule has 2 rings (SSSR count). The van der Waals surface area contributed by atoms with Crippen molar-refractivity contribution in [1.29, 1.82) is 0 Å². The van der Waals surface area contributed by atoms with Gasteiger partial charge >= 0.3 is 0 Å². The Morgan fingerprint density at radius 1 is 1.39 bits per heavy atom. The lowest BCUT2D eigenvalue weighted by molar-refractivity contribution is -0.122. The minimum Gasteiger partial charge on any atom is -0.293 e. The Kier molecular flexibility index (Phi) is 4.80. The lowest BCUT2D eigenvalue weighted by Gasteiger charge is -2.11. The van der Waals surface area contributed by atoms with E-state index < -0.39 is 0 Å². The number of benzene rings is 1. The van der Waals surface area contributed by atoms with Gasteiger partial charge in [-0.1, -0.05) is 43.0 Å². The molecule has 1 heterocycles. The summed E-state index contributed by atoms with van der Waals surface area (Å²) >= 11 is 8.87. The van der Waals surface area contributed by atoms with Crippen molar-refractivity contribution in [2.24, 2.45) is 0 Å². The fourth-order valence-corrected chi connectivity index (χ4v) is 3.29. The van der Waals surface area contributed by atoms with E-state index in [2.05, 4.69) is 22.6 Å². The average Bonchev–Trinajstić information content (AvgIpc) is 2.60. The SMILES string of the molecule is CCCN1C(=O)C(=Cc2ccc(I)cc2)SC1=S. The minimum absolute atomic E-state index is 0.0328. The Bertz CT molecular complexity index is 510. The quantitative estimate of drug-likeness (QED) is 0.444. The molecule has 0 saturated carbocycles. The van der Waals surface area contributed by atoms with E-state index in [1.807, 2.05) is 37.3 Å². The van der Waals surface area contributed by atoms with Crippen molar-refractivity contribution in [2.45, 2.75) is 13.3 Å². The molecule has 1 aliphatic rings. The van der Waals surface area contributed by atoms with Gasteiger partial charge in [0, 0.05) is 10.1 Å². The van der Waals surface area contributed by atoms with Crippen LogP contribution in [-0.2, 0) is 4.79 Å². The van der Waals surface area contributed by atoms with E-state index in [1.165, 1.54) is 15.3 Å². The third-order valence-corrected chi connectivity index (χ3v) is 4.59. The first-order valence-corrected chi connectivity index (χ1v) is 7.93. The molecule has 1 saturated heterocycles. The molecule has 5 heteroatoms. The van der Waals surface area contributed by atoms with Gasteiger partial charge in [-0.25, -0.2) is 0 Å². The number of carbonyl (C=O) groups is 1. The maximum atomic E-state index is 12.1. The summed E-state index contributed by atoms with van der Waals surface area (Å²) in [5.41, 5.74) is 1.03. The highest BCUT2D eigenvalue weighted by Gasteiger charge is 2.30. The van der Waals surface area contributed by atoms with Crippen LogP contribution in [0.25, 0.3) is 6.08 Å². The van der Waals surface area contributed by atoms with Gasteiger partial charge in [-0.15, -0.1) is 0 Å². The van der Waals surface area contributed by atoms with Crippen molar-refractivity contribution >= 4 is 62.9 Å². The molecule has 0 radical (unpaired) electrons. The molecule has 18 heavy (non-hydrogen) atoms. The lowest BCUT2D eigenvalue weighted by atomic mass is 10.2. The number of hydrogen-bond acceptors (Lipinski definition) is 3. The number of hydrogen-bond donors (Lipinski definition) is 0. The second kappa shape index (κ2) is 6.16. The standard InChI is InChI=1S/C13H12INOS2/c1-2-7-15-12(16)11(18-13(15)17)8-9-3-5-10(14)6-4-9/h3-6,8H,2,7H2,1H3. The van der Waals surface area contributed by atoms with Crippen molar-refractivity contribution < 1.29 is 4.79 Å². The van der Waals surface area contributed by atoms with Crippen molar-refractivity contribution in [3.8, 4) is 0 Å². The van der Waals surface area contributed by atoms with E-state index >= 15 is 0 Å². The average molecular weight is 389 g/mol. The largest absolute Gasteiger partial charge is 0.293 e. The van der Waals surface area contributed by atoms with E-state index in [0.717, 1.165) is 16.9 Å². The highest BCUT2D eigenvalue weighted by Crippen LogP contribution is 2.32. The molecule has 1 amide bonds. The van der Waals surface area contributed by atoms with Crippen LogP contribution in [0.15, 0.2) is 29.2 Å². The third-order valence-electron chi connectivity index (χ3n) is 2.49. The normalized spacial score (nSPS) is 17.9. The van der Waals surface area contributed by atoms with E-state index in [0.29, 0.717) is 10.9 Å². The van der Waals surface area contributed by atoms with Crippen LogP contribution in [0.3, 0.4) is 0 Å². The molecule has 1 aliphatic heterocycles. The molecular weight excluding hydrogens is 377 g/mol. The van der Waals surface area contributed by atoms with Gasteiger partial charge in [0.15, 0.2) is 0 Å². The van der Waals surface area contributed by atoms with Gasteiger partial charge in [0.05, 0.1) is 4.91 Å². The van der Waals surface area contributed by atoms with E-state index in [-0.39, 0.29) is 5.91 Å². The molecule has 0 atom stereocenters. The Balaban J connectivity index is 2.22. The zero-order valence-electron chi connectivity index (χ0n) is 9.85. The van der Waals surface area contributed by atoms with Crippen molar-refractivity contribution in [1.82, 2.24) is 4.90 Å². The molecular formula is C13H12INOS2. The minimum atomic E-state index is 0.0328. The van der Waals surface area contributed by atoms with Crippen molar-refractivity contribution in [2.75, 3.05) is 6.54 Å². The van der Waals surface area contributed by atoms with Crippen LogP contribution in [0.1, 0.15) is 18.9 Å². The number of rotatable bonds is 3. The molecule has 0 unspecified atom stereocenters. The van der Waals surface area contributed by atoms with Crippen molar-refractivity contribution in [3.63, 3.8) is 0 Å². The highest BCUT2D eigenvalue weighted by atomic mass is 127. The van der Waals surface area contributed by atoms with Gasteiger partial charge in [0.2, 0.25) is 0 Å². The predicted molar refractivity (Wildman–Crippen MR) is 89.3 cm³/mol. The first-order chi connectivity index (χ1) is 8.61. The van der Waals surface area contributed by atoms with Crippen molar-refractivity contribution in [3.05, 3.63) is 38.3 Å². The monoisotopic (exact) mass is 389 g/mol. The summed E-state index contributed by atoms with van der Waals surface area (Å²) in [7, 11) is 0. The van der Waals surface area contributed by atoms with Gasteiger partial charge < -0.3 is 0 Å². The predicted octanol–water partition coefficient (Wildman–Crippen LogP) is 3.90. The van der Waals surface area contributed by atoms with Crippen LogP contribution in [-0.4, -0.2) is 21.7 Å². The zero-order chi connectivity index (χ0) is 13.1. The lowest BCUT2D eigenvalue weighted by Crippen LogP contribution is -2.28. The molecule has 1 aromatic rings. The number of halogens is 1. The van der Waals surface area contributed by atoms with Gasteiger partial charge in [-0.2, -0.15) is 0 Å². The van der Waals surface area contributed by atoms with Gasteiger partial charge in [0.25, 0.3) is 5.91 Å². The summed E-state index contributed by atoms with van der Waals surface area (Å²) in [6.45, 7) is 2.75. The summed E-state index contributed by atoms with van der Waals surface area (Å²) in [6.07, 6.45) is 2.83. The molecule has 0 bridgehead atoms. The zero-order valence-corrected chi connectivity index (χ0v) is 13.6. The maximum Gasteiger partial charge on any atom is 0.266 e. The third kappa shape index (κ3) is 3.13. The van der Waals surface area contributed by atoms with Gasteiger partial charge in [-0.3, -0.25) is 9.69 Å². The first kappa shape index (κ1) is 14.0. The summed E-state index contributed by atoms with van der Waals surface area (Å²) in [6, 6.07) is 8.07. The maximum absolute atomic E-state index is 12.1. The second-order valence-corrected chi connectivity index (χ2v) is 6.81. The highest BCUT2D eigenvalue weighted by molar-refractivity contribution is 14.1. The number of amides is 1. The summed E-state index contributed by atoms with van der Waals surface area (Å²) in [4.78, 5) is 14.5. The summed E-state index contributed by atoms with van der Waals surface area (Å²) < 4.78 is 1.85. The molecule has 0 N–H and O–H groups in total. The molecule has 0 spiro atoms. The summed E-state index contributed by atoms with van der Waals surface area (Å²) in [5.74, 6) is 0.0328. The molecule has 1 fully saturated rings. The molecule has 0 aromatic heterocycles. The molecule has 1 aromatic carbocycles. The fourth-order valence-electron chi connectivity index (χ4n) is 1.63. The molecule has 0 aliphatic carbocycles. The Hall–Kier alpha value is -0.400. The van der Waals surface area contributed by atoms with E-state index in [4.69, 9.17) is 12.2 Å². The van der Waals surface area contributed by atoms with E-state index in [1.54, 1.807) is 4.90 Å². The number of thiocarbonyl (C=S) groups is 1. The number of nitrogens with zero attached hydrogens (tertiary/aromatic N) is 1.